The SMILES string of the molecule is CNC(=O)C(C)N(Cc1ccc(F)cc1)C(=O)CCCN(c1ccc(F)cc1)S(C)(=O)=O. The molecule has 0 aliphatic heterocycles. The van der Waals surface area contributed by atoms with Gasteiger partial charge in [0.05, 0.1) is 11.9 Å². The molecule has 174 valence electrons. The van der Waals surface area contributed by atoms with E-state index in [4.69, 9.17) is 0 Å². The Bertz CT molecular complexity index is 1030. The van der Waals surface area contributed by atoms with Gasteiger partial charge in [-0.2, -0.15) is 0 Å². The highest BCUT2D eigenvalue weighted by Crippen LogP contribution is 2.19. The minimum absolute atomic E-state index is 0.00888. The summed E-state index contributed by atoms with van der Waals surface area (Å²) in [6, 6.07) is 9.87. The van der Waals surface area contributed by atoms with E-state index in [-0.39, 0.29) is 37.7 Å². The summed E-state index contributed by atoms with van der Waals surface area (Å²) >= 11 is 0. The third-order valence-electron chi connectivity index (χ3n) is 4.95. The van der Waals surface area contributed by atoms with Crippen molar-refractivity contribution in [2.75, 3.05) is 24.2 Å². The molecule has 2 aromatic carbocycles. The fourth-order valence-electron chi connectivity index (χ4n) is 3.19. The molecular weight excluding hydrogens is 440 g/mol. The van der Waals surface area contributed by atoms with Gasteiger partial charge < -0.3 is 10.2 Å². The van der Waals surface area contributed by atoms with Crippen molar-refractivity contribution >= 4 is 27.5 Å². The first kappa shape index (κ1) is 25.3. The molecule has 0 saturated heterocycles. The van der Waals surface area contributed by atoms with Crippen LogP contribution in [0.2, 0.25) is 0 Å². The van der Waals surface area contributed by atoms with E-state index in [1.807, 2.05) is 0 Å². The monoisotopic (exact) mass is 467 g/mol. The first-order chi connectivity index (χ1) is 15.0. The summed E-state index contributed by atoms with van der Waals surface area (Å²) in [7, 11) is -2.18. The Morgan fingerprint density at radius 2 is 1.53 bits per heavy atom. The van der Waals surface area contributed by atoms with Crippen molar-refractivity contribution in [3.8, 4) is 0 Å². The topological polar surface area (TPSA) is 86.8 Å². The number of halogens is 2. The molecule has 0 bridgehead atoms. The second-order valence-electron chi connectivity index (χ2n) is 7.35. The largest absolute Gasteiger partial charge is 0.357 e. The molecule has 1 unspecified atom stereocenters. The Hall–Kier alpha value is -3.01. The Labute approximate surface area is 187 Å². The average Bonchev–Trinajstić information content (AvgIpc) is 2.75. The number of amides is 2. The van der Waals surface area contributed by atoms with E-state index in [9.17, 15) is 26.8 Å². The zero-order valence-corrected chi connectivity index (χ0v) is 19.0. The van der Waals surface area contributed by atoms with Gasteiger partial charge in [0, 0.05) is 26.6 Å². The van der Waals surface area contributed by atoms with Gasteiger partial charge in [0.15, 0.2) is 0 Å². The van der Waals surface area contributed by atoms with E-state index >= 15 is 0 Å². The summed E-state index contributed by atoms with van der Waals surface area (Å²) < 4.78 is 51.9. The molecule has 2 amide bonds. The Morgan fingerprint density at radius 3 is 2.03 bits per heavy atom. The van der Waals surface area contributed by atoms with Crippen molar-refractivity contribution in [1.29, 1.82) is 0 Å². The molecule has 0 fully saturated rings. The molecule has 2 rings (SSSR count). The minimum Gasteiger partial charge on any atom is -0.357 e. The smallest absolute Gasteiger partial charge is 0.242 e. The number of nitrogens with zero attached hydrogens (tertiary/aromatic N) is 2. The van der Waals surface area contributed by atoms with E-state index < -0.39 is 27.7 Å². The zero-order chi connectivity index (χ0) is 23.9. The molecule has 32 heavy (non-hydrogen) atoms. The maximum atomic E-state index is 13.2. The molecule has 10 heteroatoms. The molecule has 0 heterocycles. The average molecular weight is 468 g/mol. The highest BCUT2D eigenvalue weighted by atomic mass is 32.2. The van der Waals surface area contributed by atoms with Crippen LogP contribution in [-0.4, -0.2) is 51.0 Å². The lowest BCUT2D eigenvalue weighted by molar-refractivity contribution is -0.140. The molecule has 0 aliphatic rings. The number of sulfonamides is 1. The van der Waals surface area contributed by atoms with Crippen molar-refractivity contribution in [1.82, 2.24) is 10.2 Å². The minimum atomic E-state index is -3.65. The summed E-state index contributed by atoms with van der Waals surface area (Å²) in [4.78, 5) is 26.5. The maximum Gasteiger partial charge on any atom is 0.242 e. The van der Waals surface area contributed by atoms with E-state index in [1.54, 1.807) is 6.92 Å². The highest BCUT2D eigenvalue weighted by molar-refractivity contribution is 7.92. The number of rotatable bonds is 10. The van der Waals surface area contributed by atoms with Gasteiger partial charge in [-0.05, 0) is 55.3 Å². The molecular formula is C22H27F2N3O4S. The van der Waals surface area contributed by atoms with Gasteiger partial charge in [0.25, 0.3) is 0 Å². The Morgan fingerprint density at radius 1 is 1.00 bits per heavy atom. The van der Waals surface area contributed by atoms with Crippen LogP contribution in [0, 0.1) is 11.6 Å². The van der Waals surface area contributed by atoms with Gasteiger partial charge >= 0.3 is 0 Å². The van der Waals surface area contributed by atoms with Crippen molar-refractivity contribution in [2.45, 2.75) is 32.4 Å². The number of carbonyl (C=O) groups excluding carboxylic acids is 2. The van der Waals surface area contributed by atoms with Crippen LogP contribution in [0.4, 0.5) is 14.5 Å². The number of anilines is 1. The van der Waals surface area contributed by atoms with Crippen LogP contribution < -0.4 is 9.62 Å². The van der Waals surface area contributed by atoms with Crippen LogP contribution in [0.3, 0.4) is 0 Å². The summed E-state index contributed by atoms with van der Waals surface area (Å²) in [5.74, 6) is -1.60. The van der Waals surface area contributed by atoms with E-state index in [2.05, 4.69) is 5.32 Å². The molecule has 7 nitrogen and oxygen atoms in total. The van der Waals surface area contributed by atoms with Crippen molar-refractivity contribution in [2.24, 2.45) is 0 Å². The first-order valence-electron chi connectivity index (χ1n) is 10.0. The predicted octanol–water partition coefficient (Wildman–Crippen LogP) is 2.67. The normalized spacial score (nSPS) is 12.2. The predicted molar refractivity (Wildman–Crippen MR) is 118 cm³/mol. The van der Waals surface area contributed by atoms with Crippen LogP contribution in [0.25, 0.3) is 0 Å². The van der Waals surface area contributed by atoms with E-state index in [0.717, 1.165) is 22.7 Å². The second-order valence-corrected chi connectivity index (χ2v) is 9.26. The van der Waals surface area contributed by atoms with Gasteiger partial charge in [0.1, 0.15) is 17.7 Å². The van der Waals surface area contributed by atoms with Gasteiger partial charge in [-0.1, -0.05) is 12.1 Å². The Balaban J connectivity index is 2.12. The van der Waals surface area contributed by atoms with Crippen LogP contribution in [0.15, 0.2) is 48.5 Å². The van der Waals surface area contributed by atoms with Gasteiger partial charge in [-0.25, -0.2) is 17.2 Å². The lowest BCUT2D eigenvalue weighted by atomic mass is 10.1. The number of hydrogen-bond acceptors (Lipinski definition) is 4. The summed E-state index contributed by atoms with van der Waals surface area (Å²) in [5, 5.41) is 2.50. The van der Waals surface area contributed by atoms with Crippen LogP contribution >= 0.6 is 0 Å². The lowest BCUT2D eigenvalue weighted by Gasteiger charge is -2.29. The Kier molecular flexibility index (Phi) is 8.71. The summed E-state index contributed by atoms with van der Waals surface area (Å²) in [6.07, 6.45) is 1.20. The first-order valence-corrected chi connectivity index (χ1v) is 11.9. The van der Waals surface area contributed by atoms with Gasteiger partial charge in [-0.3, -0.25) is 13.9 Å². The molecule has 0 saturated carbocycles. The number of hydrogen-bond donors (Lipinski definition) is 1. The second kappa shape index (κ2) is 11.0. The number of nitrogens with one attached hydrogen (secondary N) is 1. The lowest BCUT2D eigenvalue weighted by Crippen LogP contribution is -2.46. The number of carbonyl (C=O) groups is 2. The van der Waals surface area contributed by atoms with Crippen LogP contribution in [0.5, 0.6) is 0 Å². The molecule has 2 aromatic rings. The molecule has 0 aromatic heterocycles. The molecule has 0 radical (unpaired) electrons. The van der Waals surface area contributed by atoms with E-state index in [1.165, 1.54) is 48.3 Å². The fraction of sp³-hybridized carbons (Fsp3) is 0.364. The number of likely N-dealkylation sites (N-methyl/N-ethyl adjacent to an activating group) is 1. The van der Waals surface area contributed by atoms with Gasteiger partial charge in [0.2, 0.25) is 21.8 Å². The van der Waals surface area contributed by atoms with Gasteiger partial charge in [-0.15, -0.1) is 0 Å². The number of benzene rings is 2. The van der Waals surface area contributed by atoms with Crippen molar-refractivity contribution in [3.63, 3.8) is 0 Å². The molecule has 0 spiro atoms. The third kappa shape index (κ3) is 7.01. The zero-order valence-electron chi connectivity index (χ0n) is 18.2. The highest BCUT2D eigenvalue weighted by Gasteiger charge is 2.26. The van der Waals surface area contributed by atoms with Crippen molar-refractivity contribution < 1.29 is 26.8 Å². The summed E-state index contributed by atoms with van der Waals surface area (Å²) in [5.41, 5.74) is 0.947. The maximum absolute atomic E-state index is 13.2. The fourth-order valence-corrected chi connectivity index (χ4v) is 4.15. The standard InChI is InChI=1S/C22H27F2N3O4S/c1-16(22(29)25-2)26(15-17-6-8-18(23)9-7-17)21(28)5-4-14-27(32(3,30)31)20-12-10-19(24)11-13-20/h6-13,16H,4-5,14-15H2,1-3H3,(H,25,29). The summed E-state index contributed by atoms with van der Waals surface area (Å²) in [6.45, 7) is 1.69. The van der Waals surface area contributed by atoms with Crippen molar-refractivity contribution in [3.05, 3.63) is 65.7 Å². The molecule has 1 atom stereocenters. The van der Waals surface area contributed by atoms with Crippen LogP contribution in [0.1, 0.15) is 25.3 Å². The molecule has 0 aliphatic carbocycles. The third-order valence-corrected chi connectivity index (χ3v) is 6.14. The van der Waals surface area contributed by atoms with Crippen LogP contribution in [-0.2, 0) is 26.2 Å². The quantitative estimate of drug-likeness (QED) is 0.582. The van der Waals surface area contributed by atoms with E-state index in [0.29, 0.717) is 11.3 Å². The molecule has 1 N–H and O–H groups in total.